The van der Waals surface area contributed by atoms with Crippen LogP contribution in [0.1, 0.15) is 51.0 Å². The molecule has 0 aromatic heterocycles. The van der Waals surface area contributed by atoms with Crippen LogP contribution >= 0.6 is 0 Å². The molecule has 6 unspecified atom stereocenters. The number of hydrogen-bond acceptors (Lipinski definition) is 5. The largest absolute Gasteiger partial charge is 0.393 e. The highest BCUT2D eigenvalue weighted by atomic mass is 16.3. The Hall–Kier alpha value is -2.25. The minimum atomic E-state index is -0.436. The first-order chi connectivity index (χ1) is 17.9. The Morgan fingerprint density at radius 3 is 2.32 bits per heavy atom. The molecule has 1 aromatic carbocycles. The van der Waals surface area contributed by atoms with Crippen molar-refractivity contribution >= 4 is 23.4 Å². The summed E-state index contributed by atoms with van der Waals surface area (Å²) in [6.07, 6.45) is 6.31. The molecule has 3 saturated carbocycles. The van der Waals surface area contributed by atoms with E-state index in [2.05, 4.69) is 21.9 Å². The van der Waals surface area contributed by atoms with Gasteiger partial charge in [-0.1, -0.05) is 31.5 Å². The lowest BCUT2D eigenvalue weighted by Gasteiger charge is -2.38. The van der Waals surface area contributed by atoms with Gasteiger partial charge in [0.15, 0.2) is 0 Å². The predicted octanol–water partition coefficient (Wildman–Crippen LogP) is 2.70. The lowest BCUT2D eigenvalue weighted by Crippen LogP contribution is -2.48. The number of anilines is 1. The summed E-state index contributed by atoms with van der Waals surface area (Å²) in [5.74, 6) is 0.950. The molecule has 1 aromatic rings. The van der Waals surface area contributed by atoms with E-state index in [1.807, 2.05) is 19.1 Å². The Labute approximate surface area is 219 Å². The Balaban J connectivity index is 0.966. The van der Waals surface area contributed by atoms with Crippen LogP contribution in [0.3, 0.4) is 0 Å². The second-order valence-electron chi connectivity index (χ2n) is 12.8. The van der Waals surface area contributed by atoms with Crippen LogP contribution in [0.4, 0.5) is 5.69 Å². The number of aliphatic hydroxyl groups is 1. The molecular formula is C30H39N3O4. The predicted molar refractivity (Wildman–Crippen MR) is 138 cm³/mol. The maximum Gasteiger partial charge on any atom is 0.233 e. The molecule has 0 spiro atoms. The second-order valence-corrected chi connectivity index (χ2v) is 12.8. The van der Waals surface area contributed by atoms with Gasteiger partial charge < -0.3 is 14.9 Å². The van der Waals surface area contributed by atoms with Crippen LogP contribution in [0, 0.1) is 41.4 Å². The number of nitrogens with zero attached hydrogens (tertiary/aromatic N) is 3. The minimum absolute atomic E-state index is 0.00419. The van der Waals surface area contributed by atoms with Gasteiger partial charge in [0.05, 0.1) is 24.4 Å². The summed E-state index contributed by atoms with van der Waals surface area (Å²) in [5.41, 5.74) is 2.25. The highest BCUT2D eigenvalue weighted by molar-refractivity contribution is 6.06. The van der Waals surface area contributed by atoms with Crippen LogP contribution < -0.4 is 4.90 Å². The number of rotatable bonds is 5. The van der Waals surface area contributed by atoms with Crippen molar-refractivity contribution in [3.63, 3.8) is 0 Å². The van der Waals surface area contributed by atoms with E-state index in [1.165, 1.54) is 0 Å². The van der Waals surface area contributed by atoms with Gasteiger partial charge >= 0.3 is 0 Å². The molecule has 0 radical (unpaired) electrons. The van der Waals surface area contributed by atoms with Gasteiger partial charge in [-0.3, -0.25) is 19.3 Å². The lowest BCUT2D eigenvalue weighted by atomic mass is 9.74. The third kappa shape index (κ3) is 3.63. The molecule has 1 N–H and O–H groups in total. The molecule has 5 fully saturated rings. The summed E-state index contributed by atoms with van der Waals surface area (Å²) in [4.78, 5) is 45.7. The van der Waals surface area contributed by atoms with Gasteiger partial charge in [0, 0.05) is 37.9 Å². The number of carbonyl (C=O) groups excluding carboxylic acids is 3. The van der Waals surface area contributed by atoms with Gasteiger partial charge in [-0.15, -0.1) is 0 Å². The topological polar surface area (TPSA) is 81.2 Å². The zero-order valence-corrected chi connectivity index (χ0v) is 21.8. The summed E-state index contributed by atoms with van der Waals surface area (Å²) < 4.78 is 0. The van der Waals surface area contributed by atoms with E-state index in [0.29, 0.717) is 24.8 Å². The van der Waals surface area contributed by atoms with E-state index in [-0.39, 0.29) is 53.4 Å². The summed E-state index contributed by atoms with van der Waals surface area (Å²) in [6.45, 7) is 5.61. The number of piperidine rings is 1. The highest BCUT2D eigenvalue weighted by Crippen LogP contribution is 2.58. The number of amides is 3. The Bertz CT molecular complexity index is 1080. The van der Waals surface area contributed by atoms with Crippen LogP contribution in [-0.2, 0) is 20.8 Å². The van der Waals surface area contributed by atoms with Crippen molar-refractivity contribution < 1.29 is 19.5 Å². The molecule has 7 nitrogen and oxygen atoms in total. The van der Waals surface area contributed by atoms with Crippen LogP contribution in [-0.4, -0.2) is 71.0 Å². The van der Waals surface area contributed by atoms with Gasteiger partial charge in [-0.25, -0.2) is 0 Å². The molecule has 3 heterocycles. The maximum atomic E-state index is 13.4. The number of para-hydroxylation sites is 1. The number of hydrogen-bond donors (Lipinski definition) is 1. The fraction of sp³-hybridized carbons (Fsp3) is 0.700. The highest BCUT2D eigenvalue weighted by Gasteiger charge is 2.66. The molecule has 3 amide bonds. The van der Waals surface area contributed by atoms with Gasteiger partial charge in [-0.2, -0.15) is 0 Å². The average Bonchev–Trinajstić information content (AvgIpc) is 3.68. The molecule has 3 aliphatic heterocycles. The Morgan fingerprint density at radius 2 is 1.57 bits per heavy atom. The molecule has 7 rings (SSSR count). The van der Waals surface area contributed by atoms with Crippen LogP contribution in [0.25, 0.3) is 0 Å². The zero-order chi connectivity index (χ0) is 25.4. The zero-order valence-electron chi connectivity index (χ0n) is 21.8. The van der Waals surface area contributed by atoms with Gasteiger partial charge in [0.1, 0.15) is 0 Å². The molecule has 6 aliphatic rings. The van der Waals surface area contributed by atoms with Crippen molar-refractivity contribution in [1.82, 2.24) is 9.80 Å². The van der Waals surface area contributed by atoms with Crippen molar-refractivity contribution in [3.05, 3.63) is 29.8 Å². The molecule has 198 valence electrons. The summed E-state index contributed by atoms with van der Waals surface area (Å²) in [7, 11) is 0. The first-order valence-electron chi connectivity index (χ1n) is 14.6. The Kier molecular flexibility index (Phi) is 5.74. The van der Waals surface area contributed by atoms with Crippen LogP contribution in [0.15, 0.2) is 24.3 Å². The standard InChI is InChI=1S/C30H39N3O4/c1-17-22-14-23(28(17)35)27-26(22)29(36)32(30(27)37)16-20-7-4-6-19(20)15-31-11-9-21(10-12-31)33-24-8-3-2-5-18(24)13-25(33)34/h2-3,5,8,17,19-23,26-28,35H,4,6-7,9-16H2,1H3/t17?,19-,20-,22?,23?,26?,27?,28?/m1/s1. The number of aliphatic hydroxyl groups excluding tert-OH is 1. The van der Waals surface area contributed by atoms with Crippen molar-refractivity contribution in [2.45, 2.75) is 64.0 Å². The SMILES string of the molecule is CC1C(O)C2CC1C1C(=O)N(C[C@H]3CCC[C@@H]3CN3CCC(N4C(=O)Cc5ccccc54)CC3)C(=O)C21. The number of likely N-dealkylation sites (tertiary alicyclic amines) is 2. The van der Waals surface area contributed by atoms with E-state index in [0.717, 1.165) is 69.4 Å². The fourth-order valence-corrected chi connectivity index (χ4v) is 9.20. The number of carbonyl (C=O) groups is 3. The lowest BCUT2D eigenvalue weighted by molar-refractivity contribution is -0.142. The number of benzene rings is 1. The van der Waals surface area contributed by atoms with Crippen molar-refractivity contribution in [1.29, 1.82) is 0 Å². The van der Waals surface area contributed by atoms with E-state index >= 15 is 0 Å². The molecular weight excluding hydrogens is 466 g/mol. The minimum Gasteiger partial charge on any atom is -0.393 e. The fourth-order valence-electron chi connectivity index (χ4n) is 9.20. The van der Waals surface area contributed by atoms with E-state index in [4.69, 9.17) is 0 Å². The normalized spacial score (nSPS) is 39.8. The number of imide groups is 1. The summed E-state index contributed by atoms with van der Waals surface area (Å²) in [6, 6.07) is 8.46. The summed E-state index contributed by atoms with van der Waals surface area (Å²) in [5, 5.41) is 10.6. The van der Waals surface area contributed by atoms with E-state index in [1.54, 1.807) is 4.90 Å². The molecule has 2 saturated heterocycles. The van der Waals surface area contributed by atoms with Crippen molar-refractivity contribution in [2.75, 3.05) is 31.1 Å². The first-order valence-corrected chi connectivity index (χ1v) is 14.6. The van der Waals surface area contributed by atoms with E-state index in [9.17, 15) is 19.5 Å². The molecule has 3 aliphatic carbocycles. The quantitative estimate of drug-likeness (QED) is 0.623. The average molecular weight is 506 g/mol. The number of fused-ring (bicyclic) bond motifs is 6. The third-order valence-electron chi connectivity index (χ3n) is 11.1. The first kappa shape index (κ1) is 23.8. The van der Waals surface area contributed by atoms with Gasteiger partial charge in [-0.05, 0) is 73.3 Å². The molecule has 8 atom stereocenters. The second kappa shape index (κ2) is 8.91. The van der Waals surface area contributed by atoms with E-state index < -0.39 is 6.10 Å². The molecule has 7 heteroatoms. The Morgan fingerprint density at radius 1 is 0.892 bits per heavy atom. The molecule has 2 bridgehead atoms. The van der Waals surface area contributed by atoms with Crippen LogP contribution in [0.5, 0.6) is 0 Å². The van der Waals surface area contributed by atoms with Crippen LogP contribution in [0.2, 0.25) is 0 Å². The van der Waals surface area contributed by atoms with Crippen molar-refractivity contribution in [3.8, 4) is 0 Å². The van der Waals surface area contributed by atoms with Gasteiger partial charge in [0.2, 0.25) is 17.7 Å². The maximum absolute atomic E-state index is 13.4. The molecule has 37 heavy (non-hydrogen) atoms. The monoisotopic (exact) mass is 505 g/mol. The smallest absolute Gasteiger partial charge is 0.233 e. The summed E-state index contributed by atoms with van der Waals surface area (Å²) >= 11 is 0. The van der Waals surface area contributed by atoms with Gasteiger partial charge in [0.25, 0.3) is 0 Å². The van der Waals surface area contributed by atoms with Crippen molar-refractivity contribution in [2.24, 2.45) is 41.4 Å². The third-order valence-corrected chi connectivity index (χ3v) is 11.1.